The second-order valence-electron chi connectivity index (χ2n) is 4.72. The summed E-state index contributed by atoms with van der Waals surface area (Å²) in [6, 6.07) is 9.57. The largest absolute Gasteiger partial charge is 0.383 e. The molecule has 0 saturated heterocycles. The molecular formula is C14H14N4O. The summed E-state index contributed by atoms with van der Waals surface area (Å²) in [7, 11) is 0. The van der Waals surface area contributed by atoms with Crippen molar-refractivity contribution >= 4 is 17.5 Å². The van der Waals surface area contributed by atoms with Crippen LogP contribution in [0.15, 0.2) is 30.3 Å². The first-order valence-corrected chi connectivity index (χ1v) is 6.18. The highest BCUT2D eigenvalue weighted by atomic mass is 16.2. The summed E-state index contributed by atoms with van der Waals surface area (Å²) in [5, 5.41) is 2.79. The number of carbonyl (C=O) groups excluding carboxylic acids is 1. The Morgan fingerprint density at radius 3 is 2.74 bits per heavy atom. The van der Waals surface area contributed by atoms with Gasteiger partial charge in [-0.25, -0.2) is 9.97 Å². The molecule has 1 amide bonds. The van der Waals surface area contributed by atoms with Gasteiger partial charge >= 0.3 is 0 Å². The molecule has 19 heavy (non-hydrogen) atoms. The van der Waals surface area contributed by atoms with Gasteiger partial charge in [-0.15, -0.1) is 0 Å². The van der Waals surface area contributed by atoms with E-state index in [9.17, 15) is 4.79 Å². The first-order valence-electron chi connectivity index (χ1n) is 6.18. The lowest BCUT2D eigenvalue weighted by Crippen LogP contribution is -2.29. The molecule has 2 aromatic rings. The van der Waals surface area contributed by atoms with E-state index in [4.69, 9.17) is 5.73 Å². The molecule has 5 nitrogen and oxygen atoms in total. The number of rotatable bonds is 1. The van der Waals surface area contributed by atoms with Crippen LogP contribution in [0.1, 0.15) is 12.5 Å². The highest BCUT2D eigenvalue weighted by molar-refractivity contribution is 5.95. The Balaban J connectivity index is 2.10. The van der Waals surface area contributed by atoms with Crippen LogP contribution < -0.4 is 11.1 Å². The zero-order chi connectivity index (χ0) is 13.4. The number of hydrogen-bond acceptors (Lipinski definition) is 4. The van der Waals surface area contributed by atoms with Crippen molar-refractivity contribution in [3.05, 3.63) is 35.9 Å². The van der Waals surface area contributed by atoms with E-state index in [-0.39, 0.29) is 11.8 Å². The number of benzene rings is 1. The summed E-state index contributed by atoms with van der Waals surface area (Å²) in [6.45, 7) is 1.86. The quantitative estimate of drug-likeness (QED) is 0.813. The zero-order valence-corrected chi connectivity index (χ0v) is 10.6. The molecular weight excluding hydrogens is 240 g/mol. The fourth-order valence-corrected chi connectivity index (χ4v) is 2.16. The number of amides is 1. The standard InChI is InChI=1S/C14H14N4O/c1-8-7-10-11(15)16-12(9-5-3-2-4-6-9)17-13(10)18-14(8)19/h2-6,8H,7H2,1H3,(H3,15,16,17,18,19). The van der Waals surface area contributed by atoms with Crippen LogP contribution >= 0.6 is 0 Å². The van der Waals surface area contributed by atoms with Crippen LogP contribution in [0.25, 0.3) is 11.4 Å². The molecule has 0 fully saturated rings. The second-order valence-corrected chi connectivity index (χ2v) is 4.72. The topological polar surface area (TPSA) is 80.9 Å². The van der Waals surface area contributed by atoms with Gasteiger partial charge in [-0.05, 0) is 6.42 Å². The lowest BCUT2D eigenvalue weighted by Gasteiger charge is -2.22. The van der Waals surface area contributed by atoms with Gasteiger partial charge < -0.3 is 11.1 Å². The highest BCUT2D eigenvalue weighted by Crippen LogP contribution is 2.29. The SMILES string of the molecule is CC1Cc2c(N)nc(-c3ccccc3)nc2NC1=O. The molecule has 2 heterocycles. The maximum absolute atomic E-state index is 11.7. The Kier molecular flexibility index (Phi) is 2.67. The number of nitrogen functional groups attached to an aromatic ring is 1. The molecule has 1 aromatic carbocycles. The Morgan fingerprint density at radius 1 is 1.26 bits per heavy atom. The third-order valence-electron chi connectivity index (χ3n) is 3.27. The van der Waals surface area contributed by atoms with E-state index in [1.165, 1.54) is 0 Å². The number of anilines is 2. The van der Waals surface area contributed by atoms with Crippen molar-refractivity contribution in [1.29, 1.82) is 0 Å². The number of carbonyl (C=O) groups is 1. The summed E-state index contributed by atoms with van der Waals surface area (Å²) in [4.78, 5) is 20.4. The molecule has 3 rings (SSSR count). The molecule has 0 saturated carbocycles. The third-order valence-corrected chi connectivity index (χ3v) is 3.27. The van der Waals surface area contributed by atoms with Gasteiger partial charge in [0.25, 0.3) is 0 Å². The minimum Gasteiger partial charge on any atom is -0.383 e. The summed E-state index contributed by atoms with van der Waals surface area (Å²) >= 11 is 0. The minimum absolute atomic E-state index is 0.0235. The molecule has 0 radical (unpaired) electrons. The lowest BCUT2D eigenvalue weighted by atomic mass is 9.97. The first-order chi connectivity index (χ1) is 9.15. The summed E-state index contributed by atoms with van der Waals surface area (Å²) in [6.07, 6.45) is 0.585. The predicted octanol–water partition coefficient (Wildman–Crippen LogP) is 1.86. The number of hydrogen-bond donors (Lipinski definition) is 2. The van der Waals surface area contributed by atoms with Crippen LogP contribution in [0.3, 0.4) is 0 Å². The average Bonchev–Trinajstić information content (AvgIpc) is 2.42. The van der Waals surface area contributed by atoms with Crippen LogP contribution in [0.5, 0.6) is 0 Å². The summed E-state index contributed by atoms with van der Waals surface area (Å²) in [5.41, 5.74) is 7.69. The van der Waals surface area contributed by atoms with Crippen molar-refractivity contribution in [2.45, 2.75) is 13.3 Å². The highest BCUT2D eigenvalue weighted by Gasteiger charge is 2.26. The number of nitrogens with zero attached hydrogens (tertiary/aromatic N) is 2. The zero-order valence-electron chi connectivity index (χ0n) is 10.6. The predicted molar refractivity (Wildman–Crippen MR) is 73.4 cm³/mol. The van der Waals surface area contributed by atoms with Crippen LogP contribution in [-0.2, 0) is 11.2 Å². The van der Waals surface area contributed by atoms with E-state index in [2.05, 4.69) is 15.3 Å². The molecule has 1 aliphatic rings. The summed E-state index contributed by atoms with van der Waals surface area (Å²) in [5.74, 6) is 1.39. The van der Waals surface area contributed by atoms with Gasteiger partial charge in [0.2, 0.25) is 5.91 Å². The third kappa shape index (κ3) is 2.03. The fraction of sp³-hybridized carbons (Fsp3) is 0.214. The maximum Gasteiger partial charge on any atom is 0.228 e. The molecule has 3 N–H and O–H groups in total. The molecule has 1 aromatic heterocycles. The van der Waals surface area contributed by atoms with E-state index >= 15 is 0 Å². The number of nitrogens with one attached hydrogen (secondary N) is 1. The van der Waals surface area contributed by atoms with Crippen LogP contribution in [0.4, 0.5) is 11.6 Å². The number of nitrogens with two attached hydrogens (primary N) is 1. The van der Waals surface area contributed by atoms with Crippen molar-refractivity contribution < 1.29 is 4.79 Å². The summed E-state index contributed by atoms with van der Waals surface area (Å²) < 4.78 is 0. The monoisotopic (exact) mass is 254 g/mol. The van der Waals surface area contributed by atoms with Crippen molar-refractivity contribution in [2.24, 2.45) is 5.92 Å². The van der Waals surface area contributed by atoms with Gasteiger partial charge in [-0.2, -0.15) is 0 Å². The van der Waals surface area contributed by atoms with Crippen molar-refractivity contribution in [2.75, 3.05) is 11.1 Å². The van der Waals surface area contributed by atoms with Gasteiger partial charge in [0.05, 0.1) is 0 Å². The van der Waals surface area contributed by atoms with Gasteiger partial charge in [-0.3, -0.25) is 4.79 Å². The van der Waals surface area contributed by atoms with Gasteiger partial charge in [-0.1, -0.05) is 37.3 Å². The van der Waals surface area contributed by atoms with Crippen molar-refractivity contribution in [1.82, 2.24) is 9.97 Å². The van der Waals surface area contributed by atoms with Gasteiger partial charge in [0.1, 0.15) is 11.6 Å². The first kappa shape index (κ1) is 11.6. The maximum atomic E-state index is 11.7. The van der Waals surface area contributed by atoms with Crippen LogP contribution in [-0.4, -0.2) is 15.9 Å². The van der Waals surface area contributed by atoms with Crippen LogP contribution in [0, 0.1) is 5.92 Å². The second kappa shape index (κ2) is 4.35. The fourth-order valence-electron chi connectivity index (χ4n) is 2.16. The van der Waals surface area contributed by atoms with Gasteiger partial charge in [0.15, 0.2) is 5.82 Å². The number of fused-ring (bicyclic) bond motifs is 1. The molecule has 1 atom stereocenters. The Hall–Kier alpha value is -2.43. The smallest absolute Gasteiger partial charge is 0.228 e. The normalized spacial score (nSPS) is 17.7. The van der Waals surface area contributed by atoms with Crippen molar-refractivity contribution in [3.63, 3.8) is 0 Å². The van der Waals surface area contributed by atoms with E-state index in [0.717, 1.165) is 11.1 Å². The number of aromatic nitrogens is 2. The molecule has 96 valence electrons. The average molecular weight is 254 g/mol. The van der Waals surface area contributed by atoms with Crippen molar-refractivity contribution in [3.8, 4) is 11.4 Å². The molecule has 0 spiro atoms. The van der Waals surface area contributed by atoms with E-state index < -0.39 is 0 Å². The van der Waals surface area contributed by atoms with Gasteiger partial charge in [0, 0.05) is 17.0 Å². The molecule has 0 bridgehead atoms. The molecule has 5 heteroatoms. The van der Waals surface area contributed by atoms with Crippen LogP contribution in [0.2, 0.25) is 0 Å². The Labute approximate surface area is 110 Å². The Bertz CT molecular complexity index is 639. The minimum atomic E-state index is -0.0963. The van der Waals surface area contributed by atoms with E-state index in [1.807, 2.05) is 37.3 Å². The molecule has 1 unspecified atom stereocenters. The van der Waals surface area contributed by atoms with E-state index in [0.29, 0.717) is 23.9 Å². The Morgan fingerprint density at radius 2 is 2.00 bits per heavy atom. The van der Waals surface area contributed by atoms with E-state index in [1.54, 1.807) is 0 Å². The molecule has 0 aliphatic carbocycles. The molecule has 1 aliphatic heterocycles. The lowest BCUT2D eigenvalue weighted by molar-refractivity contribution is -0.119.